The van der Waals surface area contributed by atoms with Gasteiger partial charge >= 0.3 is 0 Å². The monoisotopic (exact) mass is 454 g/mol. The summed E-state index contributed by atoms with van der Waals surface area (Å²) >= 11 is 0. The van der Waals surface area contributed by atoms with Crippen LogP contribution in [0.1, 0.15) is 57.2 Å². The molecule has 0 heterocycles. The maximum absolute atomic E-state index is 13.4. The number of hydrogen-bond acceptors (Lipinski definition) is 4. The zero-order valence-electron chi connectivity index (χ0n) is 20.6. The van der Waals surface area contributed by atoms with Gasteiger partial charge in [0.1, 0.15) is 6.04 Å². The van der Waals surface area contributed by atoms with Crippen molar-refractivity contribution in [2.75, 3.05) is 19.8 Å². The third-order valence-corrected chi connectivity index (χ3v) is 5.45. The highest BCUT2D eigenvalue weighted by molar-refractivity contribution is 5.87. The van der Waals surface area contributed by atoms with Crippen LogP contribution in [0.5, 0.6) is 11.5 Å². The molecule has 0 aliphatic carbocycles. The number of nitrogens with one attached hydrogen (secondary N) is 1. The minimum Gasteiger partial charge on any atom is -0.490 e. The lowest BCUT2D eigenvalue weighted by Gasteiger charge is -2.30. The van der Waals surface area contributed by atoms with Gasteiger partial charge in [-0.05, 0) is 63.8 Å². The normalized spacial score (nSPS) is 11.5. The largest absolute Gasteiger partial charge is 0.490 e. The lowest BCUT2D eigenvalue weighted by atomic mass is 10.1. The summed E-state index contributed by atoms with van der Waals surface area (Å²) in [6, 6.07) is 13.4. The molecule has 1 atom stereocenters. The fourth-order valence-corrected chi connectivity index (χ4v) is 3.75. The predicted molar refractivity (Wildman–Crippen MR) is 132 cm³/mol. The van der Waals surface area contributed by atoms with Gasteiger partial charge in [-0.3, -0.25) is 9.59 Å². The lowest BCUT2D eigenvalue weighted by Crippen LogP contribution is -2.49. The molecule has 2 aromatic carbocycles. The van der Waals surface area contributed by atoms with Gasteiger partial charge in [-0.15, -0.1) is 0 Å². The second-order valence-electron chi connectivity index (χ2n) is 7.97. The quantitative estimate of drug-likeness (QED) is 0.478. The molecule has 0 spiro atoms. The van der Waals surface area contributed by atoms with Crippen LogP contribution >= 0.6 is 0 Å². The zero-order valence-corrected chi connectivity index (χ0v) is 20.6. The van der Waals surface area contributed by atoms with Crippen LogP contribution in [-0.4, -0.2) is 42.5 Å². The molecular weight excluding hydrogens is 416 g/mol. The van der Waals surface area contributed by atoms with E-state index in [1.54, 1.807) is 4.90 Å². The highest BCUT2D eigenvalue weighted by atomic mass is 16.5. The van der Waals surface area contributed by atoms with Gasteiger partial charge in [0.15, 0.2) is 11.5 Å². The van der Waals surface area contributed by atoms with Crippen LogP contribution in [-0.2, 0) is 22.6 Å². The van der Waals surface area contributed by atoms with Gasteiger partial charge in [0.05, 0.1) is 13.2 Å². The maximum Gasteiger partial charge on any atom is 0.242 e. The van der Waals surface area contributed by atoms with Crippen LogP contribution in [0.2, 0.25) is 0 Å². The molecule has 0 saturated carbocycles. The molecule has 1 N–H and O–H groups in total. The second kappa shape index (κ2) is 13.5. The summed E-state index contributed by atoms with van der Waals surface area (Å²) in [5, 5.41) is 2.88. The Bertz CT molecular complexity index is 895. The van der Waals surface area contributed by atoms with E-state index in [-0.39, 0.29) is 11.8 Å². The summed E-state index contributed by atoms with van der Waals surface area (Å²) in [5.41, 5.74) is 3.17. The number of benzene rings is 2. The van der Waals surface area contributed by atoms with Crippen molar-refractivity contribution in [3.05, 3.63) is 59.2 Å². The molecule has 33 heavy (non-hydrogen) atoms. The van der Waals surface area contributed by atoms with E-state index in [0.29, 0.717) is 57.1 Å². The van der Waals surface area contributed by atoms with E-state index in [2.05, 4.69) is 5.32 Å². The summed E-state index contributed by atoms with van der Waals surface area (Å²) in [6.45, 7) is 11.8. The zero-order chi connectivity index (χ0) is 24.2. The molecule has 0 bridgehead atoms. The SMILES string of the molecule is CCNC(=O)[C@H](CC)N(Cc1ccc(C)cc1)C(=O)CCc1ccc(OCC)c(OCC)c1. The maximum atomic E-state index is 13.4. The van der Waals surface area contributed by atoms with Crippen LogP contribution < -0.4 is 14.8 Å². The third kappa shape index (κ3) is 7.81. The summed E-state index contributed by atoms with van der Waals surface area (Å²) in [7, 11) is 0. The minimum atomic E-state index is -0.502. The third-order valence-electron chi connectivity index (χ3n) is 5.45. The van der Waals surface area contributed by atoms with Crippen LogP contribution in [0.3, 0.4) is 0 Å². The van der Waals surface area contributed by atoms with E-state index in [1.165, 1.54) is 0 Å². The van der Waals surface area contributed by atoms with Crippen LogP contribution in [0.15, 0.2) is 42.5 Å². The average Bonchev–Trinajstić information content (AvgIpc) is 2.80. The van der Waals surface area contributed by atoms with Gasteiger partial charge in [0, 0.05) is 19.5 Å². The Morgan fingerprint density at radius 1 is 0.909 bits per heavy atom. The fourth-order valence-electron chi connectivity index (χ4n) is 3.75. The summed E-state index contributed by atoms with van der Waals surface area (Å²) in [6.07, 6.45) is 1.42. The van der Waals surface area contributed by atoms with Gasteiger partial charge in [0.2, 0.25) is 11.8 Å². The lowest BCUT2D eigenvalue weighted by molar-refractivity contribution is -0.141. The van der Waals surface area contributed by atoms with Crippen molar-refractivity contribution < 1.29 is 19.1 Å². The smallest absolute Gasteiger partial charge is 0.242 e. The molecule has 0 aromatic heterocycles. The first-order valence-corrected chi connectivity index (χ1v) is 11.9. The van der Waals surface area contributed by atoms with Crippen LogP contribution in [0.25, 0.3) is 0 Å². The highest BCUT2D eigenvalue weighted by Crippen LogP contribution is 2.29. The minimum absolute atomic E-state index is 0.0412. The molecule has 0 aliphatic rings. The molecule has 6 heteroatoms. The van der Waals surface area contributed by atoms with Crippen molar-refractivity contribution in [3.63, 3.8) is 0 Å². The van der Waals surface area contributed by atoms with E-state index in [1.807, 2.05) is 77.1 Å². The topological polar surface area (TPSA) is 67.9 Å². The van der Waals surface area contributed by atoms with Crippen molar-refractivity contribution in [3.8, 4) is 11.5 Å². The van der Waals surface area contributed by atoms with Gasteiger partial charge in [0.25, 0.3) is 0 Å². The number of carbonyl (C=O) groups is 2. The molecule has 0 unspecified atom stereocenters. The first kappa shape index (κ1) is 26.2. The number of hydrogen-bond donors (Lipinski definition) is 1. The van der Waals surface area contributed by atoms with Crippen molar-refractivity contribution in [1.82, 2.24) is 10.2 Å². The van der Waals surface area contributed by atoms with E-state index >= 15 is 0 Å². The summed E-state index contributed by atoms with van der Waals surface area (Å²) in [5.74, 6) is 1.24. The number of nitrogens with zero attached hydrogens (tertiary/aromatic N) is 1. The van der Waals surface area contributed by atoms with Gasteiger partial charge < -0.3 is 19.7 Å². The Hall–Kier alpha value is -3.02. The Kier molecular flexibility index (Phi) is 10.7. The van der Waals surface area contributed by atoms with Gasteiger partial charge in [-0.25, -0.2) is 0 Å². The van der Waals surface area contributed by atoms with E-state index in [9.17, 15) is 9.59 Å². The van der Waals surface area contributed by atoms with Crippen molar-refractivity contribution >= 4 is 11.8 Å². The van der Waals surface area contributed by atoms with E-state index in [0.717, 1.165) is 16.7 Å². The summed E-state index contributed by atoms with van der Waals surface area (Å²) in [4.78, 5) is 27.8. The van der Waals surface area contributed by atoms with Gasteiger partial charge in [-0.1, -0.05) is 42.8 Å². The Labute approximate surface area is 198 Å². The fraction of sp³-hybridized carbons (Fsp3) is 0.481. The number of carbonyl (C=O) groups excluding carboxylic acids is 2. The standard InChI is InChI=1S/C27H38N2O4/c1-6-23(27(31)28-7-2)29(19-22-12-10-20(5)11-13-22)26(30)17-15-21-14-16-24(32-8-3)25(18-21)33-9-4/h10-14,16,18,23H,6-9,15,17,19H2,1-5H3,(H,28,31)/t23-/m0/s1. The number of likely N-dealkylation sites (N-methyl/N-ethyl adjacent to an activating group) is 1. The molecule has 180 valence electrons. The molecular formula is C27H38N2O4. The highest BCUT2D eigenvalue weighted by Gasteiger charge is 2.28. The summed E-state index contributed by atoms with van der Waals surface area (Å²) < 4.78 is 11.3. The van der Waals surface area contributed by atoms with Crippen molar-refractivity contribution in [1.29, 1.82) is 0 Å². The number of aryl methyl sites for hydroxylation is 2. The number of rotatable bonds is 13. The average molecular weight is 455 g/mol. The van der Waals surface area contributed by atoms with Crippen molar-refractivity contribution in [2.45, 2.75) is 66.5 Å². The molecule has 0 aliphatic heterocycles. The number of amides is 2. The molecule has 6 nitrogen and oxygen atoms in total. The molecule has 0 radical (unpaired) electrons. The molecule has 2 amide bonds. The van der Waals surface area contributed by atoms with Gasteiger partial charge in [-0.2, -0.15) is 0 Å². The van der Waals surface area contributed by atoms with E-state index < -0.39 is 6.04 Å². The molecule has 0 fully saturated rings. The van der Waals surface area contributed by atoms with Crippen LogP contribution in [0.4, 0.5) is 0 Å². The Balaban J connectivity index is 2.20. The Morgan fingerprint density at radius 2 is 1.55 bits per heavy atom. The predicted octanol–water partition coefficient (Wildman–Crippen LogP) is 4.67. The van der Waals surface area contributed by atoms with Crippen molar-refractivity contribution in [2.24, 2.45) is 0 Å². The molecule has 2 aromatic rings. The Morgan fingerprint density at radius 3 is 2.15 bits per heavy atom. The second-order valence-corrected chi connectivity index (χ2v) is 7.97. The number of ether oxygens (including phenoxy) is 2. The molecule has 2 rings (SSSR count). The van der Waals surface area contributed by atoms with E-state index in [4.69, 9.17) is 9.47 Å². The molecule has 0 saturated heterocycles. The first-order chi connectivity index (χ1) is 15.9. The van der Waals surface area contributed by atoms with Crippen LogP contribution in [0, 0.1) is 6.92 Å². The first-order valence-electron chi connectivity index (χ1n) is 11.9.